The van der Waals surface area contributed by atoms with Crippen molar-refractivity contribution < 1.29 is 19.1 Å². The summed E-state index contributed by atoms with van der Waals surface area (Å²) in [4.78, 5) is 42.2. The van der Waals surface area contributed by atoms with Gasteiger partial charge in [0.05, 0.1) is 31.0 Å². The number of anilines is 1. The van der Waals surface area contributed by atoms with Gasteiger partial charge in [0, 0.05) is 18.3 Å². The molecular formula is C25H28N4O4. The minimum Gasteiger partial charge on any atom is -0.496 e. The number of aryl methyl sites for hydroxylation is 2. The summed E-state index contributed by atoms with van der Waals surface area (Å²) >= 11 is 0. The number of nitrogens with one attached hydrogen (secondary N) is 2. The van der Waals surface area contributed by atoms with Gasteiger partial charge in [-0.3, -0.25) is 14.5 Å². The molecule has 8 heteroatoms. The lowest BCUT2D eigenvalue weighted by Crippen LogP contribution is -2.45. The Morgan fingerprint density at radius 2 is 1.88 bits per heavy atom. The van der Waals surface area contributed by atoms with E-state index in [-0.39, 0.29) is 24.4 Å². The van der Waals surface area contributed by atoms with Gasteiger partial charge in [-0.15, -0.1) is 0 Å². The summed E-state index contributed by atoms with van der Waals surface area (Å²) in [7, 11) is 3.17. The number of methoxy groups -OCH3 is 1. The molecule has 0 aromatic heterocycles. The SMILES string of the molecule is COc1ccccc1[C@@H]1NC(=O)N(C)C2=C1C(=O)N([C@@H](C)C(=O)Nc1ccc(C)c(C)c1)C2. The summed E-state index contributed by atoms with van der Waals surface area (Å²) in [5.41, 5.74) is 4.62. The van der Waals surface area contributed by atoms with E-state index in [1.54, 1.807) is 27.1 Å². The maximum Gasteiger partial charge on any atom is 0.322 e. The summed E-state index contributed by atoms with van der Waals surface area (Å²) in [5, 5.41) is 5.80. The third kappa shape index (κ3) is 3.92. The second kappa shape index (κ2) is 8.61. The fourth-order valence-corrected chi connectivity index (χ4v) is 4.25. The molecule has 0 saturated heterocycles. The van der Waals surface area contributed by atoms with Crippen LogP contribution in [0.3, 0.4) is 0 Å². The summed E-state index contributed by atoms with van der Waals surface area (Å²) in [5.74, 6) is 0.00343. The van der Waals surface area contributed by atoms with Gasteiger partial charge in [0.2, 0.25) is 5.91 Å². The zero-order valence-electron chi connectivity index (χ0n) is 19.4. The average molecular weight is 449 g/mol. The highest BCUT2D eigenvalue weighted by molar-refractivity contribution is 6.05. The number of hydrogen-bond donors (Lipinski definition) is 2. The van der Waals surface area contributed by atoms with Crippen LogP contribution in [0, 0.1) is 13.8 Å². The molecule has 2 atom stereocenters. The van der Waals surface area contributed by atoms with Gasteiger partial charge in [0.25, 0.3) is 5.91 Å². The molecule has 0 fully saturated rings. The van der Waals surface area contributed by atoms with E-state index in [9.17, 15) is 14.4 Å². The van der Waals surface area contributed by atoms with Crippen LogP contribution in [0.1, 0.15) is 29.7 Å². The van der Waals surface area contributed by atoms with Crippen LogP contribution >= 0.6 is 0 Å². The van der Waals surface area contributed by atoms with Crippen molar-refractivity contribution in [3.63, 3.8) is 0 Å². The predicted molar refractivity (Wildman–Crippen MR) is 125 cm³/mol. The third-order valence-corrected chi connectivity index (χ3v) is 6.46. The molecule has 172 valence electrons. The van der Waals surface area contributed by atoms with Crippen LogP contribution in [0.15, 0.2) is 53.7 Å². The highest BCUT2D eigenvalue weighted by atomic mass is 16.5. The third-order valence-electron chi connectivity index (χ3n) is 6.46. The topological polar surface area (TPSA) is 91.0 Å². The molecule has 2 aliphatic heterocycles. The Balaban J connectivity index is 1.61. The van der Waals surface area contributed by atoms with E-state index in [1.165, 1.54) is 9.80 Å². The number of likely N-dealkylation sites (N-methyl/N-ethyl adjacent to an activating group) is 1. The molecule has 0 saturated carbocycles. The minimum atomic E-state index is -0.730. The van der Waals surface area contributed by atoms with E-state index in [0.29, 0.717) is 28.3 Å². The molecule has 8 nitrogen and oxygen atoms in total. The number of nitrogens with zero attached hydrogens (tertiary/aromatic N) is 2. The molecule has 0 aliphatic carbocycles. The lowest BCUT2D eigenvalue weighted by atomic mass is 9.95. The standard InChI is InChI=1S/C25H28N4O4/c1-14-10-11-17(12-15(14)2)26-23(30)16(3)29-13-19-21(24(29)31)22(27-25(32)28(19)4)18-8-6-7-9-20(18)33-5/h6-12,16,22H,13H2,1-5H3,(H,26,30)(H,27,32)/t16-,22-/m0/s1. The number of para-hydroxylation sites is 1. The molecule has 33 heavy (non-hydrogen) atoms. The van der Waals surface area contributed by atoms with Crippen LogP contribution in [0.5, 0.6) is 5.75 Å². The molecule has 2 N–H and O–H groups in total. The summed E-state index contributed by atoms with van der Waals surface area (Å²) < 4.78 is 5.46. The normalized spacial score (nSPS) is 18.8. The van der Waals surface area contributed by atoms with E-state index in [1.807, 2.05) is 50.2 Å². The number of carbonyl (C=O) groups excluding carboxylic acids is 3. The maximum atomic E-state index is 13.5. The summed E-state index contributed by atoms with van der Waals surface area (Å²) in [6.45, 7) is 5.85. The van der Waals surface area contributed by atoms with Gasteiger partial charge in [-0.05, 0) is 50.1 Å². The second-order valence-corrected chi connectivity index (χ2v) is 8.44. The van der Waals surface area contributed by atoms with Crippen molar-refractivity contribution in [2.75, 3.05) is 26.0 Å². The number of benzene rings is 2. The Morgan fingerprint density at radius 3 is 2.58 bits per heavy atom. The molecule has 0 radical (unpaired) electrons. The van der Waals surface area contributed by atoms with E-state index >= 15 is 0 Å². The lowest BCUT2D eigenvalue weighted by Gasteiger charge is -2.31. The minimum absolute atomic E-state index is 0.172. The first-order chi connectivity index (χ1) is 15.7. The van der Waals surface area contributed by atoms with Crippen LogP contribution in [0.4, 0.5) is 10.5 Å². The van der Waals surface area contributed by atoms with Crippen molar-refractivity contribution in [2.45, 2.75) is 32.9 Å². The highest BCUT2D eigenvalue weighted by Crippen LogP contribution is 2.39. The van der Waals surface area contributed by atoms with E-state index in [2.05, 4.69) is 10.6 Å². The van der Waals surface area contributed by atoms with Gasteiger partial charge in [0.1, 0.15) is 11.8 Å². The van der Waals surface area contributed by atoms with Crippen molar-refractivity contribution in [1.82, 2.24) is 15.1 Å². The van der Waals surface area contributed by atoms with E-state index < -0.39 is 12.1 Å². The molecule has 4 rings (SSSR count). The van der Waals surface area contributed by atoms with Crippen LogP contribution in [0.2, 0.25) is 0 Å². The van der Waals surface area contributed by atoms with Crippen molar-refractivity contribution in [3.05, 3.63) is 70.4 Å². The molecule has 2 aromatic rings. The number of carbonyl (C=O) groups is 3. The fourth-order valence-electron chi connectivity index (χ4n) is 4.25. The summed E-state index contributed by atoms with van der Waals surface area (Å²) in [6.07, 6.45) is 0. The van der Waals surface area contributed by atoms with Crippen LogP contribution in [0.25, 0.3) is 0 Å². The van der Waals surface area contributed by atoms with Gasteiger partial charge in [-0.25, -0.2) is 4.79 Å². The smallest absolute Gasteiger partial charge is 0.322 e. The Bertz CT molecular complexity index is 1170. The van der Waals surface area contributed by atoms with Crippen molar-refractivity contribution >= 4 is 23.5 Å². The number of ether oxygens (including phenoxy) is 1. The van der Waals surface area contributed by atoms with Gasteiger partial charge < -0.3 is 20.3 Å². The molecule has 4 amide bonds. The quantitative estimate of drug-likeness (QED) is 0.735. The Morgan fingerprint density at radius 1 is 1.15 bits per heavy atom. The van der Waals surface area contributed by atoms with Crippen molar-refractivity contribution in [1.29, 1.82) is 0 Å². The molecule has 0 bridgehead atoms. The van der Waals surface area contributed by atoms with E-state index in [0.717, 1.165) is 11.1 Å². The van der Waals surface area contributed by atoms with Gasteiger partial charge in [-0.1, -0.05) is 24.3 Å². The number of hydrogen-bond acceptors (Lipinski definition) is 4. The molecule has 0 spiro atoms. The maximum absolute atomic E-state index is 13.5. The molecular weight excluding hydrogens is 420 g/mol. The van der Waals surface area contributed by atoms with Gasteiger partial charge in [0.15, 0.2) is 0 Å². The lowest BCUT2D eigenvalue weighted by molar-refractivity contribution is -0.133. The first-order valence-electron chi connectivity index (χ1n) is 10.8. The van der Waals surface area contributed by atoms with Crippen LogP contribution in [-0.4, -0.2) is 54.4 Å². The Hall–Kier alpha value is -3.81. The van der Waals surface area contributed by atoms with Gasteiger partial charge >= 0.3 is 6.03 Å². The number of rotatable bonds is 5. The molecule has 2 heterocycles. The second-order valence-electron chi connectivity index (χ2n) is 8.44. The molecule has 2 aromatic carbocycles. The first-order valence-corrected chi connectivity index (χ1v) is 10.8. The summed E-state index contributed by atoms with van der Waals surface area (Å²) in [6, 6.07) is 11.3. The van der Waals surface area contributed by atoms with Crippen molar-refractivity contribution in [2.24, 2.45) is 0 Å². The zero-order chi connectivity index (χ0) is 23.9. The average Bonchev–Trinajstić information content (AvgIpc) is 3.15. The van der Waals surface area contributed by atoms with Crippen LogP contribution in [-0.2, 0) is 9.59 Å². The zero-order valence-corrected chi connectivity index (χ0v) is 19.4. The van der Waals surface area contributed by atoms with E-state index in [4.69, 9.17) is 4.74 Å². The Labute approximate surface area is 193 Å². The predicted octanol–water partition coefficient (Wildman–Crippen LogP) is 3.13. The first kappa shape index (κ1) is 22.4. The Kier molecular flexibility index (Phi) is 5.84. The van der Waals surface area contributed by atoms with Crippen LogP contribution < -0.4 is 15.4 Å². The largest absolute Gasteiger partial charge is 0.496 e. The number of urea groups is 1. The molecule has 0 unspecified atom stereocenters. The fraction of sp³-hybridized carbons (Fsp3) is 0.320. The monoisotopic (exact) mass is 448 g/mol. The number of amides is 4. The van der Waals surface area contributed by atoms with Gasteiger partial charge in [-0.2, -0.15) is 0 Å². The highest BCUT2D eigenvalue weighted by Gasteiger charge is 2.45. The van der Waals surface area contributed by atoms with Crippen molar-refractivity contribution in [3.8, 4) is 5.75 Å². The molecule has 2 aliphatic rings.